The average molecular weight is 337 g/mol. The molecule has 2 aromatic carbocycles. The summed E-state index contributed by atoms with van der Waals surface area (Å²) in [4.78, 5) is 4.40. The van der Waals surface area contributed by atoms with Crippen molar-refractivity contribution < 1.29 is 28.8 Å². The van der Waals surface area contributed by atoms with E-state index in [0.29, 0.717) is 51.1 Å². The van der Waals surface area contributed by atoms with Crippen molar-refractivity contribution in [3.63, 3.8) is 0 Å². The molecule has 4 heterocycles. The second kappa shape index (κ2) is 4.46. The van der Waals surface area contributed by atoms with E-state index in [0.717, 1.165) is 5.39 Å². The zero-order valence-corrected chi connectivity index (χ0v) is 12.8. The third-order valence-corrected chi connectivity index (χ3v) is 4.66. The molecule has 1 aromatic heterocycles. The molecule has 25 heavy (non-hydrogen) atoms. The molecule has 6 rings (SSSR count). The van der Waals surface area contributed by atoms with Crippen LogP contribution in [0.25, 0.3) is 10.8 Å². The third kappa shape index (κ3) is 1.60. The number of hydrogen-bond acceptors (Lipinski definition) is 7. The lowest BCUT2D eigenvalue weighted by Crippen LogP contribution is -2.02. The minimum absolute atomic E-state index is 0.109. The van der Waals surface area contributed by atoms with Gasteiger partial charge >= 0.3 is 0 Å². The molecular weight excluding hydrogens is 326 g/mol. The second-order valence-corrected chi connectivity index (χ2v) is 5.96. The number of hydrogen-bond donors (Lipinski definition) is 1. The predicted molar refractivity (Wildman–Crippen MR) is 84.6 cm³/mol. The summed E-state index contributed by atoms with van der Waals surface area (Å²) in [5.74, 6) is 3.01. The van der Waals surface area contributed by atoms with Crippen LogP contribution in [-0.2, 0) is 0 Å². The molecule has 3 aromatic rings. The van der Waals surface area contributed by atoms with Gasteiger partial charge in [0.1, 0.15) is 6.10 Å². The first-order chi connectivity index (χ1) is 12.3. The molecule has 7 nitrogen and oxygen atoms in total. The fourth-order valence-corrected chi connectivity index (χ4v) is 3.53. The largest absolute Gasteiger partial charge is 0.453 e. The maximum Gasteiger partial charge on any atom is 0.231 e. The van der Waals surface area contributed by atoms with Gasteiger partial charge in [-0.1, -0.05) is 0 Å². The molecule has 0 aliphatic carbocycles. The van der Waals surface area contributed by atoms with Crippen LogP contribution in [0.2, 0.25) is 0 Å². The number of aliphatic hydroxyl groups is 1. The minimum Gasteiger partial charge on any atom is -0.453 e. The lowest BCUT2D eigenvalue weighted by Gasteiger charge is -2.13. The molecule has 0 spiro atoms. The number of pyridine rings is 1. The number of nitrogens with zero attached hydrogens (tertiary/aromatic N) is 1. The first-order valence-corrected chi connectivity index (χ1v) is 7.81. The number of benzene rings is 2. The van der Waals surface area contributed by atoms with Crippen LogP contribution in [0, 0.1) is 0 Å². The number of aromatic nitrogens is 1. The van der Waals surface area contributed by atoms with Gasteiger partial charge in [0.25, 0.3) is 0 Å². The van der Waals surface area contributed by atoms with Crippen molar-refractivity contribution in [3.8, 4) is 34.5 Å². The van der Waals surface area contributed by atoms with Crippen molar-refractivity contribution in [1.29, 1.82) is 0 Å². The highest BCUT2D eigenvalue weighted by Crippen LogP contribution is 2.56. The van der Waals surface area contributed by atoms with E-state index in [1.165, 1.54) is 0 Å². The number of fused-ring (bicyclic) bond motifs is 5. The summed E-state index contributed by atoms with van der Waals surface area (Å²) >= 11 is 0. The minimum atomic E-state index is -0.963. The highest BCUT2D eigenvalue weighted by molar-refractivity contribution is 5.96. The van der Waals surface area contributed by atoms with Crippen LogP contribution in [0.5, 0.6) is 34.5 Å². The Hall–Kier alpha value is -3.19. The molecular formula is C18H11NO6. The lowest BCUT2D eigenvalue weighted by molar-refractivity contribution is 0.169. The summed E-state index contributed by atoms with van der Waals surface area (Å²) in [6, 6.07) is 7.23. The first kappa shape index (κ1) is 13.1. The second-order valence-electron chi connectivity index (χ2n) is 5.96. The van der Waals surface area contributed by atoms with Gasteiger partial charge in [-0.05, 0) is 29.7 Å². The van der Waals surface area contributed by atoms with Crippen LogP contribution in [0.1, 0.15) is 17.4 Å². The molecule has 0 saturated heterocycles. The molecule has 0 bridgehead atoms. The van der Waals surface area contributed by atoms with Gasteiger partial charge in [-0.25, -0.2) is 0 Å². The highest BCUT2D eigenvalue weighted by atomic mass is 16.7. The van der Waals surface area contributed by atoms with Crippen LogP contribution in [0.4, 0.5) is 0 Å². The SMILES string of the molecule is OC1c2ccc3c(c2Oc2c4c(cc5ccnc1c25)OCO4)OCO3. The smallest absolute Gasteiger partial charge is 0.231 e. The summed E-state index contributed by atoms with van der Waals surface area (Å²) in [6.45, 7) is 0.227. The summed E-state index contributed by atoms with van der Waals surface area (Å²) in [6.07, 6.45) is 0.694. The van der Waals surface area contributed by atoms with E-state index in [4.69, 9.17) is 23.7 Å². The van der Waals surface area contributed by atoms with E-state index in [9.17, 15) is 5.11 Å². The van der Waals surface area contributed by atoms with Gasteiger partial charge in [0.15, 0.2) is 23.0 Å². The normalized spacial score (nSPS) is 18.7. The average Bonchev–Trinajstić information content (AvgIpc) is 3.27. The monoisotopic (exact) mass is 337 g/mol. The summed E-state index contributed by atoms with van der Waals surface area (Å²) in [7, 11) is 0. The molecule has 0 saturated carbocycles. The van der Waals surface area contributed by atoms with E-state index >= 15 is 0 Å². The molecule has 3 aliphatic heterocycles. The fraction of sp³-hybridized carbons (Fsp3) is 0.167. The van der Waals surface area contributed by atoms with Crippen molar-refractivity contribution in [1.82, 2.24) is 4.98 Å². The number of aliphatic hydroxyl groups excluding tert-OH is 1. The third-order valence-electron chi connectivity index (χ3n) is 4.66. The standard InChI is InChI=1S/C18H11NO6/c20-14-9-1-2-10-16(23-6-21-10)15(9)25-18-12-8(3-4-19-13(12)14)5-11-17(18)24-7-22-11/h1-5,14,20H,6-7H2. The first-order valence-electron chi connectivity index (χ1n) is 7.81. The van der Waals surface area contributed by atoms with E-state index < -0.39 is 6.10 Å². The molecule has 1 N–H and O–H groups in total. The van der Waals surface area contributed by atoms with Crippen LogP contribution in [0.15, 0.2) is 30.5 Å². The van der Waals surface area contributed by atoms with Gasteiger partial charge in [-0.3, -0.25) is 4.98 Å². The number of rotatable bonds is 0. The predicted octanol–water partition coefficient (Wildman–Crippen LogP) is 2.88. The summed E-state index contributed by atoms with van der Waals surface area (Å²) in [5, 5.41) is 12.5. The van der Waals surface area contributed by atoms with Gasteiger partial charge in [0, 0.05) is 11.8 Å². The van der Waals surface area contributed by atoms with Crippen molar-refractivity contribution >= 4 is 10.8 Å². The lowest BCUT2D eigenvalue weighted by atomic mass is 10.00. The Kier molecular flexibility index (Phi) is 2.34. The van der Waals surface area contributed by atoms with Gasteiger partial charge in [0.05, 0.1) is 11.1 Å². The van der Waals surface area contributed by atoms with Crippen molar-refractivity contribution in [3.05, 3.63) is 41.7 Å². The van der Waals surface area contributed by atoms with Crippen LogP contribution >= 0.6 is 0 Å². The van der Waals surface area contributed by atoms with E-state index in [1.54, 1.807) is 18.3 Å². The molecule has 7 heteroatoms. The Bertz CT molecular complexity index is 1060. The van der Waals surface area contributed by atoms with Gasteiger partial charge < -0.3 is 28.8 Å². The number of ether oxygens (including phenoxy) is 5. The Balaban J connectivity index is 1.74. The highest BCUT2D eigenvalue weighted by Gasteiger charge is 2.35. The maximum atomic E-state index is 11.0. The van der Waals surface area contributed by atoms with Gasteiger partial charge in [-0.15, -0.1) is 0 Å². The zero-order chi connectivity index (χ0) is 16.5. The van der Waals surface area contributed by atoms with Crippen molar-refractivity contribution in [2.75, 3.05) is 13.6 Å². The fourth-order valence-electron chi connectivity index (χ4n) is 3.53. The van der Waals surface area contributed by atoms with Crippen LogP contribution < -0.4 is 23.7 Å². The van der Waals surface area contributed by atoms with E-state index in [-0.39, 0.29) is 13.6 Å². The molecule has 3 aliphatic rings. The Morgan fingerprint density at radius 3 is 2.56 bits per heavy atom. The van der Waals surface area contributed by atoms with Crippen molar-refractivity contribution in [2.24, 2.45) is 0 Å². The molecule has 0 amide bonds. The molecule has 1 unspecified atom stereocenters. The topological polar surface area (TPSA) is 79.3 Å². The summed E-state index contributed by atoms with van der Waals surface area (Å²) in [5.41, 5.74) is 1.07. The molecule has 124 valence electrons. The van der Waals surface area contributed by atoms with Crippen molar-refractivity contribution in [2.45, 2.75) is 6.10 Å². The van der Waals surface area contributed by atoms with Crippen LogP contribution in [-0.4, -0.2) is 23.7 Å². The summed E-state index contributed by atoms with van der Waals surface area (Å²) < 4.78 is 28.3. The maximum absolute atomic E-state index is 11.0. The van der Waals surface area contributed by atoms with Gasteiger partial charge in [-0.2, -0.15) is 0 Å². The molecule has 1 atom stereocenters. The quantitative estimate of drug-likeness (QED) is 0.675. The Morgan fingerprint density at radius 1 is 0.880 bits per heavy atom. The van der Waals surface area contributed by atoms with Crippen LogP contribution in [0.3, 0.4) is 0 Å². The van der Waals surface area contributed by atoms with E-state index in [1.807, 2.05) is 12.1 Å². The Morgan fingerprint density at radius 2 is 1.68 bits per heavy atom. The molecule has 0 radical (unpaired) electrons. The van der Waals surface area contributed by atoms with E-state index in [2.05, 4.69) is 4.98 Å². The Labute approximate surface area is 141 Å². The van der Waals surface area contributed by atoms with Gasteiger partial charge in [0.2, 0.25) is 25.1 Å². The zero-order valence-electron chi connectivity index (χ0n) is 12.8. The molecule has 0 fully saturated rings.